The molecule has 3 N–H and O–H groups in total. The summed E-state index contributed by atoms with van der Waals surface area (Å²) in [6.07, 6.45) is -3.24. The van der Waals surface area contributed by atoms with Crippen LogP contribution < -0.4 is 11.1 Å². The van der Waals surface area contributed by atoms with Crippen molar-refractivity contribution in [2.75, 3.05) is 7.05 Å². The minimum absolute atomic E-state index is 0.00591. The molecule has 21 heavy (non-hydrogen) atoms. The van der Waals surface area contributed by atoms with Gasteiger partial charge < -0.3 is 11.1 Å². The van der Waals surface area contributed by atoms with E-state index in [2.05, 4.69) is 10.4 Å². The van der Waals surface area contributed by atoms with Crippen molar-refractivity contribution in [3.8, 4) is 5.69 Å². The Morgan fingerprint density at radius 3 is 2.67 bits per heavy atom. The monoisotopic (exact) mass is 298 g/mol. The van der Waals surface area contributed by atoms with Gasteiger partial charge in [0, 0.05) is 19.8 Å². The van der Waals surface area contributed by atoms with E-state index in [9.17, 15) is 18.0 Å². The lowest BCUT2D eigenvalue weighted by atomic mass is 10.1. The third-order valence-corrected chi connectivity index (χ3v) is 2.90. The molecule has 2 rings (SSSR count). The standard InChI is InChI=1S/C13H13F3N4O/c1-18-12(21)10-4-5-20(19-10)11-3-2-8(7-17)6-9(11)13(14,15)16/h2-6H,7,17H2,1H3,(H,18,21). The fraction of sp³-hybridized carbons (Fsp3) is 0.231. The SMILES string of the molecule is CNC(=O)c1ccn(-c2ccc(CN)cc2C(F)(F)F)n1. The minimum atomic E-state index is -4.54. The first-order valence-corrected chi connectivity index (χ1v) is 6.05. The lowest BCUT2D eigenvalue weighted by Crippen LogP contribution is -2.19. The summed E-state index contributed by atoms with van der Waals surface area (Å²) in [5.41, 5.74) is 4.76. The minimum Gasteiger partial charge on any atom is -0.354 e. The first-order chi connectivity index (χ1) is 9.86. The number of halogens is 3. The number of hydrogen-bond acceptors (Lipinski definition) is 3. The molecule has 112 valence electrons. The summed E-state index contributed by atoms with van der Waals surface area (Å²) in [7, 11) is 1.42. The quantitative estimate of drug-likeness (QED) is 0.906. The average molecular weight is 298 g/mol. The van der Waals surface area contributed by atoms with Crippen LogP contribution in [0.15, 0.2) is 30.5 Å². The van der Waals surface area contributed by atoms with Gasteiger partial charge in [0.05, 0.1) is 11.3 Å². The molecular formula is C13H13F3N4O. The zero-order chi connectivity index (χ0) is 15.6. The van der Waals surface area contributed by atoms with Gasteiger partial charge in [0.1, 0.15) is 0 Å². The number of alkyl halides is 3. The van der Waals surface area contributed by atoms with Crippen LogP contribution >= 0.6 is 0 Å². The maximum Gasteiger partial charge on any atom is 0.418 e. The van der Waals surface area contributed by atoms with Crippen molar-refractivity contribution in [1.29, 1.82) is 0 Å². The molecule has 1 amide bonds. The number of hydrogen-bond donors (Lipinski definition) is 2. The van der Waals surface area contributed by atoms with E-state index in [1.807, 2.05) is 0 Å². The number of nitrogens with one attached hydrogen (secondary N) is 1. The molecule has 0 radical (unpaired) electrons. The second-order valence-electron chi connectivity index (χ2n) is 4.28. The van der Waals surface area contributed by atoms with Gasteiger partial charge in [-0.25, -0.2) is 4.68 Å². The summed E-state index contributed by atoms with van der Waals surface area (Å²) in [5.74, 6) is -0.471. The van der Waals surface area contributed by atoms with Crippen LogP contribution in [0.3, 0.4) is 0 Å². The van der Waals surface area contributed by atoms with E-state index in [4.69, 9.17) is 5.73 Å². The lowest BCUT2D eigenvalue weighted by Gasteiger charge is -2.14. The van der Waals surface area contributed by atoms with Crippen molar-refractivity contribution in [3.05, 3.63) is 47.3 Å². The Bertz CT molecular complexity index is 664. The Balaban J connectivity index is 2.53. The predicted octanol–water partition coefficient (Wildman–Crippen LogP) is 1.71. The molecule has 8 heteroatoms. The molecule has 0 bridgehead atoms. The van der Waals surface area contributed by atoms with Crippen molar-refractivity contribution in [3.63, 3.8) is 0 Å². The molecule has 0 aliphatic carbocycles. The molecule has 1 aromatic heterocycles. The van der Waals surface area contributed by atoms with E-state index in [0.29, 0.717) is 5.56 Å². The maximum absolute atomic E-state index is 13.1. The number of amides is 1. The zero-order valence-electron chi connectivity index (χ0n) is 11.1. The van der Waals surface area contributed by atoms with Crippen molar-refractivity contribution >= 4 is 5.91 Å². The van der Waals surface area contributed by atoms with Crippen LogP contribution in [0, 0.1) is 0 Å². The van der Waals surface area contributed by atoms with Gasteiger partial charge in [-0.3, -0.25) is 4.79 Å². The van der Waals surface area contributed by atoms with E-state index < -0.39 is 17.6 Å². The number of nitrogens with two attached hydrogens (primary N) is 1. The van der Waals surface area contributed by atoms with Gasteiger partial charge in [0.15, 0.2) is 5.69 Å². The van der Waals surface area contributed by atoms with Gasteiger partial charge in [-0.2, -0.15) is 18.3 Å². The average Bonchev–Trinajstić information content (AvgIpc) is 2.94. The second-order valence-corrected chi connectivity index (χ2v) is 4.28. The molecule has 0 unspecified atom stereocenters. The number of aromatic nitrogens is 2. The number of nitrogens with zero attached hydrogens (tertiary/aromatic N) is 2. The molecule has 0 aliphatic rings. The number of carbonyl (C=O) groups is 1. The molecule has 0 saturated carbocycles. The van der Waals surface area contributed by atoms with Gasteiger partial charge >= 0.3 is 6.18 Å². The largest absolute Gasteiger partial charge is 0.418 e. The fourth-order valence-electron chi connectivity index (χ4n) is 1.84. The van der Waals surface area contributed by atoms with E-state index >= 15 is 0 Å². The Morgan fingerprint density at radius 1 is 1.38 bits per heavy atom. The first-order valence-electron chi connectivity index (χ1n) is 6.05. The highest BCUT2D eigenvalue weighted by Gasteiger charge is 2.34. The highest BCUT2D eigenvalue weighted by Crippen LogP contribution is 2.34. The van der Waals surface area contributed by atoms with Crippen molar-refractivity contribution in [2.45, 2.75) is 12.7 Å². The van der Waals surface area contributed by atoms with E-state index in [1.165, 1.54) is 31.4 Å². The Kier molecular flexibility index (Phi) is 3.99. The Hall–Kier alpha value is -2.35. The van der Waals surface area contributed by atoms with E-state index in [-0.39, 0.29) is 17.9 Å². The Morgan fingerprint density at radius 2 is 2.10 bits per heavy atom. The van der Waals surface area contributed by atoms with Crippen LogP contribution in [0.25, 0.3) is 5.69 Å². The second kappa shape index (κ2) is 5.57. The number of carbonyl (C=O) groups excluding carboxylic acids is 1. The van der Waals surface area contributed by atoms with Gasteiger partial charge in [0.25, 0.3) is 5.91 Å². The maximum atomic E-state index is 13.1. The molecule has 0 saturated heterocycles. The van der Waals surface area contributed by atoms with Crippen LogP contribution in [0.4, 0.5) is 13.2 Å². The molecular weight excluding hydrogens is 285 g/mol. The number of benzene rings is 1. The third-order valence-electron chi connectivity index (χ3n) is 2.90. The highest BCUT2D eigenvalue weighted by atomic mass is 19.4. The van der Waals surface area contributed by atoms with E-state index in [0.717, 1.165) is 10.7 Å². The van der Waals surface area contributed by atoms with Crippen molar-refractivity contribution in [2.24, 2.45) is 5.73 Å². The van der Waals surface area contributed by atoms with E-state index in [1.54, 1.807) is 0 Å². The van der Waals surface area contributed by atoms with Crippen LogP contribution in [-0.4, -0.2) is 22.7 Å². The summed E-state index contributed by atoms with van der Waals surface area (Å²) >= 11 is 0. The molecule has 0 spiro atoms. The van der Waals surface area contributed by atoms with Crippen LogP contribution in [0.2, 0.25) is 0 Å². The van der Waals surface area contributed by atoms with Crippen LogP contribution in [0.1, 0.15) is 21.6 Å². The van der Waals surface area contributed by atoms with Crippen LogP contribution in [-0.2, 0) is 12.7 Å². The molecule has 1 aromatic carbocycles. The smallest absolute Gasteiger partial charge is 0.354 e. The third kappa shape index (κ3) is 3.05. The first kappa shape index (κ1) is 15.0. The summed E-state index contributed by atoms with van der Waals surface area (Å²) in [4.78, 5) is 11.4. The molecule has 0 atom stereocenters. The van der Waals surface area contributed by atoms with Gasteiger partial charge in [-0.05, 0) is 23.8 Å². The molecule has 5 nitrogen and oxygen atoms in total. The fourth-order valence-corrected chi connectivity index (χ4v) is 1.84. The van der Waals surface area contributed by atoms with Gasteiger partial charge in [-0.1, -0.05) is 6.07 Å². The highest BCUT2D eigenvalue weighted by molar-refractivity contribution is 5.91. The molecule has 0 aliphatic heterocycles. The van der Waals surface area contributed by atoms with Crippen molar-refractivity contribution in [1.82, 2.24) is 15.1 Å². The number of rotatable bonds is 3. The lowest BCUT2D eigenvalue weighted by molar-refractivity contribution is -0.137. The zero-order valence-corrected chi connectivity index (χ0v) is 11.1. The molecule has 1 heterocycles. The summed E-state index contributed by atoms with van der Waals surface area (Å²) in [6.45, 7) is 0.00591. The van der Waals surface area contributed by atoms with Crippen molar-refractivity contribution < 1.29 is 18.0 Å². The summed E-state index contributed by atoms with van der Waals surface area (Å²) in [6, 6.07) is 5.10. The van der Waals surface area contributed by atoms with Crippen LogP contribution in [0.5, 0.6) is 0 Å². The Labute approximate surface area is 118 Å². The van der Waals surface area contributed by atoms with Gasteiger partial charge in [0.2, 0.25) is 0 Å². The molecule has 0 fully saturated rings. The predicted molar refractivity (Wildman–Crippen MR) is 69.8 cm³/mol. The topological polar surface area (TPSA) is 72.9 Å². The normalized spacial score (nSPS) is 11.5. The summed E-state index contributed by atoms with van der Waals surface area (Å²) in [5, 5.41) is 6.21. The van der Waals surface area contributed by atoms with Gasteiger partial charge in [-0.15, -0.1) is 0 Å². The summed E-state index contributed by atoms with van der Waals surface area (Å²) < 4.78 is 40.4. The molecule has 2 aromatic rings.